The van der Waals surface area contributed by atoms with Crippen LogP contribution in [0.3, 0.4) is 0 Å². The Morgan fingerprint density at radius 2 is 1.42 bits per heavy atom. The van der Waals surface area contributed by atoms with Gasteiger partial charge in [0.15, 0.2) is 0 Å². The van der Waals surface area contributed by atoms with Crippen LogP contribution in [0.15, 0.2) is 42.6 Å². The van der Waals surface area contributed by atoms with E-state index >= 15 is 0 Å². The molecule has 1 aliphatic rings. The molecule has 0 saturated heterocycles. The quantitative estimate of drug-likeness (QED) is 0.173. The van der Waals surface area contributed by atoms with Crippen molar-refractivity contribution in [3.8, 4) is 22.8 Å². The molecule has 0 N–H and O–H groups in total. The van der Waals surface area contributed by atoms with Crippen molar-refractivity contribution >= 4 is 5.97 Å². The predicted octanol–water partition coefficient (Wildman–Crippen LogP) is 9.17. The molecule has 1 saturated carbocycles. The highest BCUT2D eigenvalue weighted by molar-refractivity contribution is 5.75. The van der Waals surface area contributed by atoms with E-state index in [9.17, 15) is 4.79 Å². The number of hydrogen-bond donors (Lipinski definition) is 0. The van der Waals surface area contributed by atoms with E-state index in [1.165, 1.54) is 64.2 Å². The van der Waals surface area contributed by atoms with E-state index in [-0.39, 0.29) is 11.9 Å². The van der Waals surface area contributed by atoms with E-state index < -0.39 is 0 Å². The largest absolute Gasteiger partial charge is 0.494 e. The number of rotatable bonds is 16. The molecule has 2 aromatic rings. The molecule has 0 amide bonds. The molecule has 0 unspecified atom stereocenters. The maximum Gasteiger partial charge on any atom is 0.314 e. The molecule has 0 aliphatic heterocycles. The SMILES string of the molecule is CCCCCCCCOc1ccc(-c2ccc(OC(=O)[C@H]3CC[C@H](CCCCCC)CC3)cn2)cc1. The topological polar surface area (TPSA) is 48.4 Å². The maximum absolute atomic E-state index is 12.7. The summed E-state index contributed by atoms with van der Waals surface area (Å²) < 4.78 is 11.6. The normalized spacial score (nSPS) is 17.6. The average molecular weight is 494 g/mol. The summed E-state index contributed by atoms with van der Waals surface area (Å²) >= 11 is 0. The number of unbranched alkanes of at least 4 members (excludes halogenated alkanes) is 8. The van der Waals surface area contributed by atoms with Crippen LogP contribution in [-0.2, 0) is 4.79 Å². The first-order valence-corrected chi connectivity index (χ1v) is 14.6. The molecule has 4 nitrogen and oxygen atoms in total. The average Bonchev–Trinajstić information content (AvgIpc) is 2.92. The third-order valence-electron chi connectivity index (χ3n) is 7.52. The first-order valence-electron chi connectivity index (χ1n) is 14.6. The van der Waals surface area contributed by atoms with Crippen molar-refractivity contribution in [1.29, 1.82) is 0 Å². The summed E-state index contributed by atoms with van der Waals surface area (Å²) in [5.74, 6) is 2.15. The summed E-state index contributed by atoms with van der Waals surface area (Å²) in [5, 5.41) is 0. The summed E-state index contributed by atoms with van der Waals surface area (Å²) in [4.78, 5) is 17.2. The van der Waals surface area contributed by atoms with Gasteiger partial charge in [0.25, 0.3) is 0 Å². The molecule has 0 radical (unpaired) electrons. The van der Waals surface area contributed by atoms with Crippen molar-refractivity contribution in [2.45, 2.75) is 110 Å². The smallest absolute Gasteiger partial charge is 0.314 e. The molecule has 3 rings (SSSR count). The van der Waals surface area contributed by atoms with Crippen molar-refractivity contribution in [2.24, 2.45) is 11.8 Å². The zero-order chi connectivity index (χ0) is 25.4. The summed E-state index contributed by atoms with van der Waals surface area (Å²) in [6, 6.07) is 11.8. The number of aromatic nitrogens is 1. The number of nitrogens with zero attached hydrogens (tertiary/aromatic N) is 1. The fraction of sp³-hybridized carbons (Fsp3) is 0.625. The second-order valence-corrected chi connectivity index (χ2v) is 10.5. The molecule has 1 aliphatic carbocycles. The van der Waals surface area contributed by atoms with Crippen molar-refractivity contribution < 1.29 is 14.3 Å². The van der Waals surface area contributed by atoms with Gasteiger partial charge in [-0.1, -0.05) is 78.1 Å². The van der Waals surface area contributed by atoms with Crippen LogP contribution in [-0.4, -0.2) is 17.6 Å². The second-order valence-electron chi connectivity index (χ2n) is 10.5. The number of carbonyl (C=O) groups excluding carboxylic acids is 1. The molecule has 36 heavy (non-hydrogen) atoms. The minimum Gasteiger partial charge on any atom is -0.494 e. The molecule has 1 aromatic heterocycles. The van der Waals surface area contributed by atoms with E-state index in [0.717, 1.165) is 61.6 Å². The van der Waals surface area contributed by atoms with Crippen LogP contribution < -0.4 is 9.47 Å². The Labute approximate surface area is 219 Å². The number of benzene rings is 1. The van der Waals surface area contributed by atoms with Gasteiger partial charge < -0.3 is 9.47 Å². The Kier molecular flexibility index (Phi) is 12.9. The van der Waals surface area contributed by atoms with E-state index in [0.29, 0.717) is 5.75 Å². The van der Waals surface area contributed by atoms with Crippen LogP contribution in [0.25, 0.3) is 11.3 Å². The number of pyridine rings is 1. The fourth-order valence-corrected chi connectivity index (χ4v) is 5.15. The second kappa shape index (κ2) is 16.4. The van der Waals surface area contributed by atoms with Gasteiger partial charge in [-0.05, 0) is 74.4 Å². The Hall–Kier alpha value is -2.36. The summed E-state index contributed by atoms with van der Waals surface area (Å²) in [6.07, 6.45) is 20.1. The van der Waals surface area contributed by atoms with Gasteiger partial charge in [0, 0.05) is 5.56 Å². The molecule has 4 heteroatoms. The lowest BCUT2D eigenvalue weighted by molar-refractivity contribution is -0.140. The van der Waals surface area contributed by atoms with Gasteiger partial charge in [0.1, 0.15) is 11.5 Å². The lowest BCUT2D eigenvalue weighted by atomic mass is 9.80. The fourth-order valence-electron chi connectivity index (χ4n) is 5.15. The van der Waals surface area contributed by atoms with E-state index in [2.05, 4.69) is 18.8 Å². The number of esters is 1. The first kappa shape index (κ1) is 28.2. The minimum absolute atomic E-state index is 0.0282. The molecular weight excluding hydrogens is 446 g/mol. The van der Waals surface area contributed by atoms with Gasteiger partial charge >= 0.3 is 5.97 Å². The van der Waals surface area contributed by atoms with Crippen LogP contribution in [0.5, 0.6) is 11.5 Å². The van der Waals surface area contributed by atoms with Gasteiger partial charge in [-0.3, -0.25) is 9.78 Å². The summed E-state index contributed by atoms with van der Waals surface area (Å²) in [7, 11) is 0. The standard InChI is InChI=1S/C32H47NO3/c1-3-5-7-9-10-12-24-35-29-20-18-27(19-21-29)31-23-22-30(25-33-31)36-32(34)28-16-14-26(15-17-28)13-11-8-6-4-2/h18-23,25-26,28H,3-17,24H2,1-2H3/t26-,28-. The highest BCUT2D eigenvalue weighted by atomic mass is 16.5. The van der Waals surface area contributed by atoms with Crippen LogP contribution in [0.2, 0.25) is 0 Å². The van der Waals surface area contributed by atoms with Crippen LogP contribution >= 0.6 is 0 Å². The maximum atomic E-state index is 12.7. The zero-order valence-electron chi connectivity index (χ0n) is 22.7. The Morgan fingerprint density at radius 1 is 0.778 bits per heavy atom. The molecule has 1 heterocycles. The van der Waals surface area contributed by atoms with Gasteiger partial charge in [-0.25, -0.2) is 0 Å². The van der Waals surface area contributed by atoms with Crippen molar-refractivity contribution in [2.75, 3.05) is 6.61 Å². The third-order valence-corrected chi connectivity index (χ3v) is 7.52. The number of hydrogen-bond acceptors (Lipinski definition) is 4. The molecular formula is C32H47NO3. The van der Waals surface area contributed by atoms with Crippen LogP contribution in [0, 0.1) is 11.8 Å². The monoisotopic (exact) mass is 493 g/mol. The summed E-state index contributed by atoms with van der Waals surface area (Å²) in [5.41, 5.74) is 1.89. The van der Waals surface area contributed by atoms with Gasteiger partial charge in [-0.15, -0.1) is 0 Å². The molecule has 0 bridgehead atoms. The van der Waals surface area contributed by atoms with Crippen LogP contribution in [0.4, 0.5) is 0 Å². The third kappa shape index (κ3) is 9.95. The minimum atomic E-state index is -0.0964. The van der Waals surface area contributed by atoms with Gasteiger partial charge in [0.2, 0.25) is 0 Å². The molecule has 0 atom stereocenters. The van der Waals surface area contributed by atoms with Gasteiger partial charge in [0.05, 0.1) is 24.4 Å². The Bertz CT molecular complexity index is 854. The van der Waals surface area contributed by atoms with E-state index in [1.54, 1.807) is 6.20 Å². The molecule has 198 valence electrons. The van der Waals surface area contributed by atoms with Crippen molar-refractivity contribution in [3.05, 3.63) is 42.6 Å². The van der Waals surface area contributed by atoms with Gasteiger partial charge in [-0.2, -0.15) is 0 Å². The predicted molar refractivity (Wildman–Crippen MR) is 148 cm³/mol. The molecule has 1 aromatic carbocycles. The van der Waals surface area contributed by atoms with Crippen molar-refractivity contribution in [1.82, 2.24) is 4.98 Å². The van der Waals surface area contributed by atoms with E-state index in [4.69, 9.17) is 9.47 Å². The summed E-state index contributed by atoms with van der Waals surface area (Å²) in [6.45, 7) is 5.27. The molecule has 1 fully saturated rings. The Morgan fingerprint density at radius 3 is 2.08 bits per heavy atom. The Balaban J connectivity index is 1.37. The number of ether oxygens (including phenoxy) is 2. The van der Waals surface area contributed by atoms with Crippen molar-refractivity contribution in [3.63, 3.8) is 0 Å². The van der Waals surface area contributed by atoms with E-state index in [1.807, 2.05) is 36.4 Å². The van der Waals surface area contributed by atoms with Crippen LogP contribution in [0.1, 0.15) is 110 Å². The molecule has 0 spiro atoms. The lowest BCUT2D eigenvalue weighted by Gasteiger charge is -2.27. The highest BCUT2D eigenvalue weighted by Crippen LogP contribution is 2.33. The number of carbonyl (C=O) groups is 1. The highest BCUT2D eigenvalue weighted by Gasteiger charge is 2.27. The zero-order valence-corrected chi connectivity index (χ0v) is 22.7. The lowest BCUT2D eigenvalue weighted by Crippen LogP contribution is -2.25. The first-order chi connectivity index (χ1) is 17.7.